The lowest BCUT2D eigenvalue weighted by atomic mass is 9.87. The number of anilines is 1. The summed E-state index contributed by atoms with van der Waals surface area (Å²) in [5, 5.41) is 26.6. The summed E-state index contributed by atoms with van der Waals surface area (Å²) in [5.41, 5.74) is 4.28. The van der Waals surface area contributed by atoms with Crippen LogP contribution in [0.1, 0.15) is 97.6 Å². The monoisotopic (exact) mass is 975 g/mol. The van der Waals surface area contributed by atoms with Gasteiger partial charge in [0, 0.05) is 37.1 Å². The molecule has 358 valence electrons. The highest BCUT2D eigenvalue weighted by atomic mass is 32.2. The number of hydrogen-bond donors (Lipinski definition) is 9. The van der Waals surface area contributed by atoms with Gasteiger partial charge in [0.1, 0.15) is 36.3 Å². The molecule has 28 heteroatoms. The predicted octanol–water partition coefficient (Wildman–Crippen LogP) is 3.14. The molecule has 0 saturated carbocycles. The molecule has 3 rings (SSSR count). The fourth-order valence-corrected chi connectivity index (χ4v) is 9.62. The highest BCUT2D eigenvalue weighted by molar-refractivity contribution is 8.13. The summed E-state index contributed by atoms with van der Waals surface area (Å²) in [5.74, 6) is -1.03. The van der Waals surface area contributed by atoms with Crippen LogP contribution in [-0.2, 0) is 50.7 Å². The number of phosphoric ester groups is 3. The second-order valence-electron chi connectivity index (χ2n) is 15.2. The minimum atomic E-state index is -5.57. The van der Waals surface area contributed by atoms with E-state index in [4.69, 9.17) is 19.5 Å². The van der Waals surface area contributed by atoms with Crippen molar-refractivity contribution in [2.75, 3.05) is 37.8 Å². The number of hydrogen-bond acceptors (Lipinski definition) is 18. The SMILES string of the molecule is CC/C=C\CCCCCCCCCC(=O)SCCNC(=O)CCNC(=O)C(O)C(C)(C)COP(=O)(O)OP(=O)(O)OC[C@H]1O[C@@H](n2cnc3c(N)ncnc32)[C@H](O)[C@@H]1OP(=O)(O)O. The molecule has 0 radical (unpaired) electrons. The highest BCUT2D eigenvalue weighted by Gasteiger charge is 2.50. The molecule has 0 bridgehead atoms. The number of carbonyl (C=O) groups is 3. The van der Waals surface area contributed by atoms with E-state index in [1.807, 2.05) is 0 Å². The molecule has 2 amide bonds. The van der Waals surface area contributed by atoms with E-state index in [9.17, 15) is 57.9 Å². The Labute approximate surface area is 368 Å². The van der Waals surface area contributed by atoms with Crippen molar-refractivity contribution < 1.29 is 80.5 Å². The van der Waals surface area contributed by atoms with Crippen molar-refractivity contribution in [3.8, 4) is 0 Å². The van der Waals surface area contributed by atoms with E-state index in [0.717, 1.165) is 67.5 Å². The van der Waals surface area contributed by atoms with Crippen LogP contribution >= 0.6 is 35.2 Å². The number of thioether (sulfide) groups is 1. The third-order valence-electron chi connectivity index (χ3n) is 9.42. The number of unbranched alkanes of at least 4 members (excludes halogenated alkanes) is 7. The summed E-state index contributed by atoms with van der Waals surface area (Å²) < 4.78 is 62.3. The Morgan fingerprint density at radius 3 is 2.30 bits per heavy atom. The van der Waals surface area contributed by atoms with Gasteiger partial charge in [-0.2, -0.15) is 4.31 Å². The van der Waals surface area contributed by atoms with Crippen LogP contribution in [0.3, 0.4) is 0 Å². The molecule has 24 nitrogen and oxygen atoms in total. The molecule has 63 heavy (non-hydrogen) atoms. The molecule has 0 aromatic carbocycles. The maximum absolute atomic E-state index is 12.7. The normalized spacial score (nSPS) is 20.7. The van der Waals surface area contributed by atoms with Crippen LogP contribution < -0.4 is 16.4 Å². The van der Waals surface area contributed by atoms with E-state index >= 15 is 0 Å². The van der Waals surface area contributed by atoms with Gasteiger partial charge in [-0.05, 0) is 25.7 Å². The Hall–Kier alpha value is -2.70. The smallest absolute Gasteiger partial charge is 0.386 e. The number of imidazole rings is 1. The molecule has 1 saturated heterocycles. The number of allylic oxidation sites excluding steroid dienone is 2. The van der Waals surface area contributed by atoms with Crippen molar-refractivity contribution in [3.05, 3.63) is 24.8 Å². The number of aromatic nitrogens is 4. The number of carbonyl (C=O) groups excluding carboxylic acids is 3. The second kappa shape index (κ2) is 25.9. The van der Waals surface area contributed by atoms with Gasteiger partial charge in [-0.15, -0.1) is 0 Å². The summed E-state index contributed by atoms with van der Waals surface area (Å²) in [6, 6.07) is 0. The third-order valence-corrected chi connectivity index (χ3v) is 13.5. The zero-order valence-corrected chi connectivity index (χ0v) is 38.8. The third kappa shape index (κ3) is 19.4. The number of fused-ring (bicyclic) bond motifs is 1. The average Bonchev–Trinajstić information content (AvgIpc) is 3.76. The summed E-state index contributed by atoms with van der Waals surface area (Å²) in [7, 11) is -16.4. The first-order valence-electron chi connectivity index (χ1n) is 20.3. The molecule has 1 aliphatic rings. The van der Waals surface area contributed by atoms with Crippen LogP contribution in [0.5, 0.6) is 0 Å². The molecular weight excluding hydrogens is 915 g/mol. The van der Waals surface area contributed by atoms with Gasteiger partial charge in [-0.1, -0.05) is 76.8 Å². The number of amides is 2. The molecule has 0 aliphatic carbocycles. The average molecular weight is 976 g/mol. The van der Waals surface area contributed by atoms with Gasteiger partial charge < -0.3 is 50.9 Å². The number of aliphatic hydroxyl groups excluding tert-OH is 2. The minimum Gasteiger partial charge on any atom is -0.386 e. The van der Waals surface area contributed by atoms with Crippen molar-refractivity contribution in [2.45, 2.75) is 122 Å². The fourth-order valence-electron chi connectivity index (χ4n) is 6.07. The van der Waals surface area contributed by atoms with Crippen molar-refractivity contribution >= 4 is 69.1 Å². The molecule has 7 atom stereocenters. The Morgan fingerprint density at radius 1 is 0.952 bits per heavy atom. The van der Waals surface area contributed by atoms with Crippen molar-refractivity contribution in [2.24, 2.45) is 5.41 Å². The van der Waals surface area contributed by atoms with E-state index < -0.39 is 84.6 Å². The van der Waals surface area contributed by atoms with Gasteiger partial charge in [-0.3, -0.25) is 32.5 Å². The molecule has 10 N–H and O–H groups in total. The fraction of sp³-hybridized carbons (Fsp3) is 0.714. The Balaban J connectivity index is 1.36. The van der Waals surface area contributed by atoms with E-state index in [0.29, 0.717) is 12.2 Å². The topological polar surface area (TPSA) is 364 Å². The van der Waals surface area contributed by atoms with Crippen LogP contribution in [0.2, 0.25) is 0 Å². The molecule has 3 heterocycles. The number of aliphatic hydroxyl groups is 2. The van der Waals surface area contributed by atoms with E-state index in [1.54, 1.807) is 0 Å². The van der Waals surface area contributed by atoms with Crippen LogP contribution in [-0.4, -0.2) is 123 Å². The summed E-state index contributed by atoms with van der Waals surface area (Å²) >= 11 is 1.15. The van der Waals surface area contributed by atoms with Gasteiger partial charge in [0.2, 0.25) is 11.8 Å². The number of phosphoric acid groups is 3. The lowest BCUT2D eigenvalue weighted by molar-refractivity contribution is -0.137. The zero-order valence-electron chi connectivity index (χ0n) is 35.3. The largest absolute Gasteiger partial charge is 0.481 e. The number of rotatable bonds is 30. The van der Waals surface area contributed by atoms with Gasteiger partial charge in [0.15, 0.2) is 22.8 Å². The summed E-state index contributed by atoms with van der Waals surface area (Å²) in [6.45, 7) is 2.69. The summed E-state index contributed by atoms with van der Waals surface area (Å²) in [4.78, 5) is 88.1. The maximum Gasteiger partial charge on any atom is 0.481 e. The van der Waals surface area contributed by atoms with Crippen LogP contribution in [0.4, 0.5) is 5.82 Å². The Morgan fingerprint density at radius 2 is 1.62 bits per heavy atom. The van der Waals surface area contributed by atoms with Crippen LogP contribution in [0.15, 0.2) is 24.8 Å². The minimum absolute atomic E-state index is 0.0327. The molecule has 1 fully saturated rings. The molecular formula is C35H60N7O17P3S. The van der Waals surface area contributed by atoms with Crippen molar-refractivity contribution in [1.29, 1.82) is 0 Å². The molecule has 0 spiro atoms. The molecule has 2 aromatic heterocycles. The van der Waals surface area contributed by atoms with Crippen molar-refractivity contribution in [1.82, 2.24) is 30.2 Å². The first kappa shape index (κ1) is 54.6. The van der Waals surface area contributed by atoms with E-state index in [-0.39, 0.29) is 41.6 Å². The number of ether oxygens (including phenoxy) is 1. The lowest BCUT2D eigenvalue weighted by Crippen LogP contribution is -2.46. The maximum atomic E-state index is 12.7. The first-order chi connectivity index (χ1) is 29.6. The quantitative estimate of drug-likeness (QED) is 0.0308. The van der Waals surface area contributed by atoms with Crippen LogP contribution in [0.25, 0.3) is 11.2 Å². The van der Waals surface area contributed by atoms with Gasteiger partial charge in [0.05, 0.1) is 19.5 Å². The van der Waals surface area contributed by atoms with Crippen molar-refractivity contribution in [3.63, 3.8) is 0 Å². The number of nitrogens with zero attached hydrogens (tertiary/aromatic N) is 4. The number of nitrogens with two attached hydrogens (primary N) is 1. The van der Waals surface area contributed by atoms with E-state index in [2.05, 4.69) is 53.5 Å². The highest BCUT2D eigenvalue weighted by Crippen LogP contribution is 2.61. The molecule has 3 unspecified atom stereocenters. The number of nitrogens with one attached hydrogen (secondary N) is 2. The number of nitrogen functional groups attached to an aromatic ring is 1. The Kier molecular flexibility index (Phi) is 22.4. The van der Waals surface area contributed by atoms with E-state index in [1.165, 1.54) is 33.1 Å². The summed E-state index contributed by atoms with van der Waals surface area (Å²) in [6.07, 6.45) is 7.92. The molecule has 1 aliphatic heterocycles. The standard InChI is InChI=1S/C35H60N7O17P3S/c1-4-5-6-7-8-9-10-11-12-13-14-15-26(44)63-19-18-37-25(43)16-17-38-33(47)30(46)35(2,3)21-56-62(53,54)59-61(51,52)55-20-24-29(58-60(48,49)50)28(45)34(57-24)42-23-41-27-31(36)39-22-40-32(27)42/h5-6,22-24,28-30,34,45-46H,4,7-21H2,1-3H3,(H,37,43)(H,38,47)(H,51,52)(H,53,54)(H2,36,39,40)(H2,48,49,50)/b6-5-/t24-,28-,29-,30?,34-/m1/s1. The Bertz CT molecular complexity index is 1970. The lowest BCUT2D eigenvalue weighted by Gasteiger charge is -2.30. The second-order valence-corrected chi connectivity index (χ2v) is 20.6. The van der Waals surface area contributed by atoms with Gasteiger partial charge in [0.25, 0.3) is 0 Å². The van der Waals surface area contributed by atoms with Crippen LogP contribution in [0, 0.1) is 5.41 Å². The van der Waals surface area contributed by atoms with Gasteiger partial charge >= 0.3 is 23.5 Å². The first-order valence-corrected chi connectivity index (χ1v) is 25.8. The predicted molar refractivity (Wildman–Crippen MR) is 228 cm³/mol. The zero-order chi connectivity index (χ0) is 46.8. The van der Waals surface area contributed by atoms with Gasteiger partial charge in [-0.25, -0.2) is 28.6 Å². The molecule has 2 aromatic rings.